The van der Waals surface area contributed by atoms with Gasteiger partial charge in [-0.25, -0.2) is 8.78 Å². The predicted molar refractivity (Wildman–Crippen MR) is 195 cm³/mol. The molecule has 15 heteroatoms. The number of piperidine rings is 1. The molecule has 1 saturated heterocycles. The second-order valence-corrected chi connectivity index (χ2v) is 13.6. The van der Waals surface area contributed by atoms with Crippen LogP contribution in [0.2, 0.25) is 0 Å². The van der Waals surface area contributed by atoms with Crippen molar-refractivity contribution in [2.75, 3.05) is 32.0 Å². The van der Waals surface area contributed by atoms with Crippen LogP contribution in [0.4, 0.5) is 14.5 Å². The van der Waals surface area contributed by atoms with Crippen LogP contribution < -0.4 is 21.7 Å². The van der Waals surface area contributed by atoms with Crippen molar-refractivity contribution in [3.63, 3.8) is 0 Å². The van der Waals surface area contributed by atoms with Crippen molar-refractivity contribution >= 4 is 35.8 Å². The highest BCUT2D eigenvalue weighted by Gasteiger charge is 2.30. The van der Waals surface area contributed by atoms with Crippen LogP contribution in [-0.4, -0.2) is 82.0 Å². The Balaban J connectivity index is 0.00000523. The lowest BCUT2D eigenvalue weighted by Crippen LogP contribution is -2.48. The lowest BCUT2D eigenvalue weighted by atomic mass is 9.81. The molecule has 3 amide bonds. The third-order valence-electron chi connectivity index (χ3n) is 9.99. The van der Waals surface area contributed by atoms with Crippen molar-refractivity contribution < 1.29 is 23.2 Å². The number of amides is 3. The number of tetrazole rings is 1. The molecule has 6 N–H and O–H groups in total. The number of hydrogen-bond donors (Lipinski definition) is 5. The van der Waals surface area contributed by atoms with E-state index in [1.54, 1.807) is 48.5 Å². The van der Waals surface area contributed by atoms with E-state index in [2.05, 4.69) is 41.5 Å². The molecule has 1 saturated carbocycles. The van der Waals surface area contributed by atoms with Crippen LogP contribution in [0.25, 0.3) is 22.5 Å². The van der Waals surface area contributed by atoms with Crippen molar-refractivity contribution in [3.05, 3.63) is 83.4 Å². The summed E-state index contributed by atoms with van der Waals surface area (Å²) >= 11 is 0. The van der Waals surface area contributed by atoms with E-state index < -0.39 is 35.1 Å². The molecule has 2 fully saturated rings. The summed E-state index contributed by atoms with van der Waals surface area (Å²) in [5, 5.41) is 22.5. The van der Waals surface area contributed by atoms with Crippen LogP contribution in [0.3, 0.4) is 0 Å². The summed E-state index contributed by atoms with van der Waals surface area (Å²) in [6.07, 6.45) is 4.76. The lowest BCUT2D eigenvalue weighted by molar-refractivity contribution is -0.130. The maximum absolute atomic E-state index is 15.2. The molecule has 276 valence electrons. The Morgan fingerprint density at radius 3 is 2.13 bits per heavy atom. The minimum absolute atomic E-state index is 0. The number of benzene rings is 3. The Morgan fingerprint density at radius 1 is 0.904 bits per heavy atom. The zero-order valence-electron chi connectivity index (χ0n) is 28.9. The van der Waals surface area contributed by atoms with E-state index in [-0.39, 0.29) is 42.3 Å². The Hall–Kier alpha value is -4.79. The highest BCUT2D eigenvalue weighted by molar-refractivity contribution is 5.98. The number of H-pyrrole nitrogens is 1. The number of carbonyl (C=O) groups is 3. The van der Waals surface area contributed by atoms with Gasteiger partial charge in [-0.2, -0.15) is 5.21 Å². The van der Waals surface area contributed by atoms with E-state index in [0.717, 1.165) is 43.6 Å². The number of aromatic amines is 1. The summed E-state index contributed by atoms with van der Waals surface area (Å²) in [6, 6.07) is 15.1. The zero-order valence-corrected chi connectivity index (χ0v) is 29.7. The van der Waals surface area contributed by atoms with E-state index in [4.69, 9.17) is 5.73 Å². The predicted octanol–water partition coefficient (Wildman–Crippen LogP) is 4.49. The number of carbonyl (C=O) groups excluding carboxylic acids is 3. The van der Waals surface area contributed by atoms with Gasteiger partial charge in [0, 0.05) is 29.6 Å². The first kappa shape index (κ1) is 38.4. The largest absolute Gasteiger partial charge is 0.349 e. The normalized spacial score (nSPS) is 18.5. The second kappa shape index (κ2) is 17.6. The smallest absolute Gasteiger partial charge is 0.257 e. The van der Waals surface area contributed by atoms with Gasteiger partial charge in [0.15, 0.2) is 0 Å². The number of aromatic nitrogens is 4. The van der Waals surface area contributed by atoms with Crippen LogP contribution >= 0.6 is 12.4 Å². The molecule has 2 aliphatic rings. The molecule has 3 aromatic carbocycles. The van der Waals surface area contributed by atoms with E-state index in [1.165, 1.54) is 0 Å². The number of likely N-dealkylation sites (tertiary alicyclic amines) is 1. The molecule has 0 bridgehead atoms. The van der Waals surface area contributed by atoms with E-state index >= 15 is 8.78 Å². The molecule has 1 atom stereocenters. The molecule has 1 aliphatic heterocycles. The van der Waals surface area contributed by atoms with Gasteiger partial charge in [0.25, 0.3) is 5.91 Å². The van der Waals surface area contributed by atoms with E-state index in [9.17, 15) is 14.4 Å². The molecule has 0 spiro atoms. The summed E-state index contributed by atoms with van der Waals surface area (Å²) in [5.74, 6) is -2.60. The molecule has 4 aromatic rings. The molecular weight excluding hydrogens is 692 g/mol. The molecule has 1 aliphatic carbocycles. The molecule has 1 aromatic heterocycles. The maximum atomic E-state index is 15.2. The third-order valence-corrected chi connectivity index (χ3v) is 9.99. The van der Waals surface area contributed by atoms with Crippen LogP contribution in [0.5, 0.6) is 0 Å². The van der Waals surface area contributed by atoms with Crippen molar-refractivity contribution in [1.29, 1.82) is 0 Å². The van der Waals surface area contributed by atoms with Gasteiger partial charge in [-0.15, -0.1) is 22.6 Å². The van der Waals surface area contributed by atoms with E-state index in [0.29, 0.717) is 60.8 Å². The Morgan fingerprint density at radius 2 is 1.54 bits per heavy atom. The van der Waals surface area contributed by atoms with Crippen LogP contribution in [0.1, 0.15) is 54.4 Å². The summed E-state index contributed by atoms with van der Waals surface area (Å²) in [6.45, 7) is 2.20. The number of nitrogens with zero attached hydrogens (tertiary/aromatic N) is 4. The zero-order chi connectivity index (χ0) is 35.9. The molecule has 12 nitrogen and oxygen atoms in total. The fourth-order valence-corrected chi connectivity index (χ4v) is 6.81. The first-order chi connectivity index (χ1) is 24.7. The molecule has 0 unspecified atom stereocenters. The lowest BCUT2D eigenvalue weighted by Gasteiger charge is -2.29. The number of anilines is 1. The minimum atomic E-state index is -0.940. The van der Waals surface area contributed by atoms with E-state index in [1.807, 2.05) is 7.05 Å². The number of halogens is 3. The summed E-state index contributed by atoms with van der Waals surface area (Å²) < 4.78 is 30.4. The standard InChI is InChI=1S/C37H43F2N9O3.ClH/c1-48-16-14-29(15-17-48)42-37(51)33-30(38)19-27(20-31(33)39)24-6-2-22(3-7-24)18-32(43-35(49)26-8-4-23(21-40)5-9-26)36(50)41-28-12-10-25(11-13-28)34-44-46-47-45-34;/h2-3,6-7,10-13,19-20,23,26,29,32H,4-5,8-9,14-18,21,40H2,1H3,(H,41,50)(H,42,51)(H,43,49)(H,44,45,46,47);1H/t23?,26?,32-;/m0./s1. The number of hydrogen-bond acceptors (Lipinski definition) is 8. The minimum Gasteiger partial charge on any atom is -0.349 e. The Bertz CT molecular complexity index is 1790. The topological polar surface area (TPSA) is 171 Å². The summed E-state index contributed by atoms with van der Waals surface area (Å²) in [4.78, 5) is 42.0. The summed E-state index contributed by atoms with van der Waals surface area (Å²) in [5.41, 5.74) is 8.01. The quantitative estimate of drug-likeness (QED) is 0.150. The van der Waals surface area contributed by atoms with Gasteiger partial charge < -0.3 is 26.6 Å². The average Bonchev–Trinajstić information content (AvgIpc) is 3.68. The monoisotopic (exact) mass is 735 g/mol. The average molecular weight is 736 g/mol. The fraction of sp³-hybridized carbons (Fsp3) is 0.405. The fourth-order valence-electron chi connectivity index (χ4n) is 6.81. The number of rotatable bonds is 11. The highest BCUT2D eigenvalue weighted by atomic mass is 35.5. The van der Waals surface area contributed by atoms with Crippen molar-refractivity contribution in [3.8, 4) is 22.5 Å². The first-order valence-corrected chi connectivity index (χ1v) is 17.4. The van der Waals surface area contributed by atoms with Gasteiger partial charge in [0.1, 0.15) is 23.2 Å². The summed E-state index contributed by atoms with van der Waals surface area (Å²) in [7, 11) is 1.99. The van der Waals surface area contributed by atoms with Crippen LogP contribution in [-0.2, 0) is 16.0 Å². The van der Waals surface area contributed by atoms with Crippen molar-refractivity contribution in [2.45, 2.75) is 57.0 Å². The SMILES string of the molecule is CN1CCC(NC(=O)c2c(F)cc(-c3ccc(C[C@H](NC(=O)C4CCC(CN)CC4)C(=O)Nc4ccc(-c5nn[nH]n5)cc4)cc3)cc2F)CC1.Cl. The molecule has 52 heavy (non-hydrogen) atoms. The van der Waals surface area contributed by atoms with Crippen molar-refractivity contribution in [1.82, 2.24) is 36.2 Å². The van der Waals surface area contributed by atoms with Gasteiger partial charge in [0.05, 0.1) is 0 Å². The third kappa shape index (κ3) is 9.55. The van der Waals surface area contributed by atoms with Crippen LogP contribution in [0, 0.1) is 23.5 Å². The second-order valence-electron chi connectivity index (χ2n) is 13.6. The first-order valence-electron chi connectivity index (χ1n) is 17.4. The van der Waals surface area contributed by atoms with Crippen LogP contribution in [0.15, 0.2) is 60.7 Å². The molecule has 2 heterocycles. The maximum Gasteiger partial charge on any atom is 0.257 e. The highest BCUT2D eigenvalue weighted by Crippen LogP contribution is 2.29. The van der Waals surface area contributed by atoms with Gasteiger partial charge in [-0.05, 0) is 129 Å². The van der Waals surface area contributed by atoms with Gasteiger partial charge in [-0.1, -0.05) is 24.3 Å². The Labute approximate surface area is 307 Å². The number of nitrogens with two attached hydrogens (primary N) is 1. The van der Waals surface area contributed by atoms with Gasteiger partial charge in [0.2, 0.25) is 17.6 Å². The molecule has 6 rings (SSSR count). The van der Waals surface area contributed by atoms with Gasteiger partial charge >= 0.3 is 0 Å². The molecule has 0 radical (unpaired) electrons. The molecular formula is C37H44ClF2N9O3. The van der Waals surface area contributed by atoms with Crippen molar-refractivity contribution in [2.24, 2.45) is 17.6 Å². The van der Waals surface area contributed by atoms with Gasteiger partial charge in [-0.3, -0.25) is 14.4 Å². The number of nitrogens with one attached hydrogen (secondary N) is 4. The Kier molecular flexibility index (Phi) is 13.0.